The summed E-state index contributed by atoms with van der Waals surface area (Å²) in [5.41, 5.74) is 0.721. The number of esters is 1. The first kappa shape index (κ1) is 16.0. The molecule has 22 heavy (non-hydrogen) atoms. The van der Waals surface area contributed by atoms with Crippen LogP contribution in [-0.4, -0.2) is 39.5 Å². The molecule has 0 unspecified atom stereocenters. The number of hydrogen-bond acceptors (Lipinski definition) is 5. The number of nitrogens with one attached hydrogen (secondary N) is 1. The minimum atomic E-state index is -0.737. The fraction of sp³-hybridized carbons (Fsp3) is 0.357. The highest BCUT2D eigenvalue weighted by atomic mass is 19.1. The largest absolute Gasteiger partial charge is 0.461 e. The maximum Gasteiger partial charge on any atom is 0.358 e. The SMILES string of the molecule is CCOC(=O)c1nc[nH]c1CN(C)Cc1nc(F)ccc1F. The van der Waals surface area contributed by atoms with E-state index in [1.165, 1.54) is 6.33 Å². The van der Waals surface area contributed by atoms with Crippen LogP contribution in [0.25, 0.3) is 0 Å². The molecule has 2 rings (SSSR count). The maximum absolute atomic E-state index is 13.6. The lowest BCUT2D eigenvalue weighted by Gasteiger charge is -2.16. The number of H-pyrrole nitrogens is 1. The van der Waals surface area contributed by atoms with E-state index in [-0.39, 0.29) is 31.1 Å². The molecule has 0 aliphatic heterocycles. The fourth-order valence-corrected chi connectivity index (χ4v) is 1.97. The normalized spacial score (nSPS) is 11.0. The van der Waals surface area contributed by atoms with Crippen molar-refractivity contribution in [3.63, 3.8) is 0 Å². The molecular weight excluding hydrogens is 294 g/mol. The Morgan fingerprint density at radius 1 is 1.36 bits per heavy atom. The molecule has 0 aromatic carbocycles. The quantitative estimate of drug-likeness (QED) is 0.652. The van der Waals surface area contributed by atoms with Crippen LogP contribution < -0.4 is 0 Å². The van der Waals surface area contributed by atoms with Crippen LogP contribution in [0, 0.1) is 11.8 Å². The summed E-state index contributed by atoms with van der Waals surface area (Å²) < 4.78 is 31.5. The van der Waals surface area contributed by atoms with Gasteiger partial charge in [0.1, 0.15) is 5.82 Å². The van der Waals surface area contributed by atoms with Crippen LogP contribution >= 0.6 is 0 Å². The molecular formula is C14H16F2N4O2. The Morgan fingerprint density at radius 2 is 2.14 bits per heavy atom. The van der Waals surface area contributed by atoms with E-state index in [0.29, 0.717) is 5.69 Å². The number of hydrogen-bond donors (Lipinski definition) is 1. The van der Waals surface area contributed by atoms with E-state index < -0.39 is 17.7 Å². The summed E-state index contributed by atoms with van der Waals surface area (Å²) in [4.78, 5) is 23.7. The van der Waals surface area contributed by atoms with Gasteiger partial charge in [0.25, 0.3) is 0 Å². The molecule has 0 amide bonds. The van der Waals surface area contributed by atoms with Crippen molar-refractivity contribution in [2.45, 2.75) is 20.0 Å². The van der Waals surface area contributed by atoms with Crippen molar-refractivity contribution in [2.24, 2.45) is 0 Å². The predicted octanol–water partition coefficient (Wildman–Crippen LogP) is 1.89. The highest BCUT2D eigenvalue weighted by Gasteiger charge is 2.17. The van der Waals surface area contributed by atoms with Crippen LogP contribution in [0.3, 0.4) is 0 Å². The maximum atomic E-state index is 13.6. The smallest absolute Gasteiger partial charge is 0.358 e. The van der Waals surface area contributed by atoms with E-state index in [1.807, 2.05) is 0 Å². The van der Waals surface area contributed by atoms with Crippen molar-refractivity contribution in [2.75, 3.05) is 13.7 Å². The summed E-state index contributed by atoms with van der Waals surface area (Å²) in [6.45, 7) is 2.32. The Bertz CT molecular complexity index is 660. The zero-order valence-electron chi connectivity index (χ0n) is 12.3. The van der Waals surface area contributed by atoms with Crippen molar-refractivity contribution in [1.29, 1.82) is 0 Å². The second-order valence-corrected chi connectivity index (χ2v) is 4.68. The van der Waals surface area contributed by atoms with Crippen LogP contribution in [0.2, 0.25) is 0 Å². The molecule has 0 spiro atoms. The molecule has 8 heteroatoms. The molecule has 0 bridgehead atoms. The predicted molar refractivity (Wildman–Crippen MR) is 73.9 cm³/mol. The van der Waals surface area contributed by atoms with Crippen molar-refractivity contribution < 1.29 is 18.3 Å². The number of carbonyl (C=O) groups excluding carboxylic acids is 1. The number of rotatable bonds is 6. The first-order chi connectivity index (χ1) is 10.5. The van der Waals surface area contributed by atoms with Gasteiger partial charge in [0.2, 0.25) is 5.95 Å². The highest BCUT2D eigenvalue weighted by Crippen LogP contribution is 2.12. The third-order valence-corrected chi connectivity index (χ3v) is 2.92. The molecule has 2 aromatic heterocycles. The summed E-state index contributed by atoms with van der Waals surface area (Å²) >= 11 is 0. The summed E-state index contributed by atoms with van der Waals surface area (Å²) in [6.07, 6.45) is 1.39. The summed E-state index contributed by atoms with van der Waals surface area (Å²) in [6, 6.07) is 2.00. The van der Waals surface area contributed by atoms with Gasteiger partial charge in [0.15, 0.2) is 5.69 Å². The Balaban J connectivity index is 2.06. The number of imidazole rings is 1. The first-order valence-electron chi connectivity index (χ1n) is 6.70. The van der Waals surface area contributed by atoms with Gasteiger partial charge in [-0.1, -0.05) is 0 Å². The monoisotopic (exact) mass is 310 g/mol. The van der Waals surface area contributed by atoms with Crippen molar-refractivity contribution >= 4 is 5.97 Å². The minimum Gasteiger partial charge on any atom is -0.461 e. The zero-order valence-corrected chi connectivity index (χ0v) is 12.3. The minimum absolute atomic E-state index is 0.000278. The number of ether oxygens (including phenoxy) is 1. The van der Waals surface area contributed by atoms with Crippen molar-refractivity contribution in [3.8, 4) is 0 Å². The zero-order chi connectivity index (χ0) is 16.1. The van der Waals surface area contributed by atoms with Gasteiger partial charge in [-0.2, -0.15) is 4.39 Å². The summed E-state index contributed by atoms with van der Waals surface area (Å²) in [5.74, 6) is -1.84. The highest BCUT2D eigenvalue weighted by molar-refractivity contribution is 5.88. The van der Waals surface area contributed by atoms with Crippen LogP contribution in [0.4, 0.5) is 8.78 Å². The molecule has 0 aliphatic rings. The second kappa shape index (κ2) is 7.08. The van der Waals surface area contributed by atoms with Crippen LogP contribution in [0.1, 0.15) is 28.8 Å². The molecule has 0 atom stereocenters. The number of halogens is 2. The third-order valence-electron chi connectivity index (χ3n) is 2.92. The Kier molecular flexibility index (Phi) is 5.16. The molecule has 0 saturated carbocycles. The average molecular weight is 310 g/mol. The molecule has 6 nitrogen and oxygen atoms in total. The van der Waals surface area contributed by atoms with E-state index in [4.69, 9.17) is 4.74 Å². The van der Waals surface area contributed by atoms with Gasteiger partial charge < -0.3 is 9.72 Å². The molecule has 2 heterocycles. The van der Waals surface area contributed by atoms with Gasteiger partial charge in [-0.3, -0.25) is 4.90 Å². The standard InChI is InChI=1S/C14H16F2N4O2/c1-3-22-14(21)13-11(17-8-18-13)7-20(2)6-10-9(15)4-5-12(16)19-10/h4-5,8H,3,6-7H2,1-2H3,(H,17,18). The lowest BCUT2D eigenvalue weighted by molar-refractivity contribution is 0.0517. The number of carbonyl (C=O) groups is 1. The molecule has 1 N–H and O–H groups in total. The molecule has 2 aromatic rings. The summed E-state index contributed by atoms with van der Waals surface area (Å²) in [5, 5.41) is 0. The fourth-order valence-electron chi connectivity index (χ4n) is 1.97. The van der Waals surface area contributed by atoms with Gasteiger partial charge in [0.05, 0.1) is 24.3 Å². The Hall–Kier alpha value is -2.35. The lowest BCUT2D eigenvalue weighted by atomic mass is 10.2. The van der Waals surface area contributed by atoms with Crippen molar-refractivity contribution in [1.82, 2.24) is 19.9 Å². The number of pyridine rings is 1. The van der Waals surface area contributed by atoms with Gasteiger partial charge in [-0.05, 0) is 26.1 Å². The van der Waals surface area contributed by atoms with Gasteiger partial charge in [-0.15, -0.1) is 0 Å². The van der Waals surface area contributed by atoms with E-state index in [2.05, 4.69) is 15.0 Å². The van der Waals surface area contributed by atoms with E-state index >= 15 is 0 Å². The van der Waals surface area contributed by atoms with Crippen LogP contribution in [-0.2, 0) is 17.8 Å². The van der Waals surface area contributed by atoms with Gasteiger partial charge >= 0.3 is 5.97 Å². The van der Waals surface area contributed by atoms with Gasteiger partial charge in [-0.25, -0.2) is 19.2 Å². The van der Waals surface area contributed by atoms with E-state index in [1.54, 1.807) is 18.9 Å². The van der Waals surface area contributed by atoms with E-state index in [9.17, 15) is 13.6 Å². The molecule has 0 aliphatic carbocycles. The first-order valence-corrected chi connectivity index (χ1v) is 6.70. The molecule has 0 saturated heterocycles. The molecule has 118 valence electrons. The van der Waals surface area contributed by atoms with Crippen LogP contribution in [0.15, 0.2) is 18.5 Å². The van der Waals surface area contributed by atoms with Gasteiger partial charge in [0, 0.05) is 13.1 Å². The Labute approximate surface area is 126 Å². The second-order valence-electron chi connectivity index (χ2n) is 4.68. The Morgan fingerprint density at radius 3 is 2.86 bits per heavy atom. The number of aromatic amines is 1. The number of nitrogens with zero attached hydrogens (tertiary/aromatic N) is 3. The number of aromatic nitrogens is 3. The van der Waals surface area contributed by atoms with Crippen molar-refractivity contribution in [3.05, 3.63) is 47.3 Å². The average Bonchev–Trinajstić information content (AvgIpc) is 2.91. The lowest BCUT2D eigenvalue weighted by Crippen LogP contribution is -2.21. The molecule has 0 fully saturated rings. The summed E-state index contributed by atoms with van der Waals surface area (Å²) in [7, 11) is 1.70. The topological polar surface area (TPSA) is 71.1 Å². The van der Waals surface area contributed by atoms with E-state index in [0.717, 1.165) is 12.1 Å². The van der Waals surface area contributed by atoms with Crippen LogP contribution in [0.5, 0.6) is 0 Å². The molecule has 0 radical (unpaired) electrons. The third kappa shape index (κ3) is 3.85.